The van der Waals surface area contributed by atoms with Crippen LogP contribution in [0, 0.1) is 0 Å². The molecule has 0 spiro atoms. The summed E-state index contributed by atoms with van der Waals surface area (Å²) in [5.74, 6) is 0.634. The first-order chi connectivity index (χ1) is 7.28. The number of aromatic nitrogens is 3. The third kappa shape index (κ3) is 4.05. The van der Waals surface area contributed by atoms with Crippen LogP contribution in [-0.4, -0.2) is 41.2 Å². The van der Waals surface area contributed by atoms with E-state index in [9.17, 15) is 8.42 Å². The van der Waals surface area contributed by atoms with Crippen molar-refractivity contribution >= 4 is 21.7 Å². The summed E-state index contributed by atoms with van der Waals surface area (Å²) in [4.78, 5) is 3.98. The molecule has 8 heteroatoms. The molecule has 3 N–H and O–H groups in total. The number of rotatable bonds is 5. The van der Waals surface area contributed by atoms with Crippen molar-refractivity contribution in [3.05, 3.63) is 0 Å². The maximum Gasteiger partial charge on any atom is 0.244 e. The first-order valence-corrected chi connectivity index (χ1v) is 6.98. The van der Waals surface area contributed by atoms with E-state index in [1.165, 1.54) is 10.9 Å². The molecule has 0 saturated heterocycles. The molecule has 1 aromatic rings. The predicted molar refractivity (Wildman–Crippen MR) is 62.9 cm³/mol. The maximum atomic E-state index is 11.0. The standard InChI is InChI=1S/C8H17N5O2S/c1-6(2)10-8-11-7(9)13(12-8)4-5-16(3,14)15/h6H,4-5H2,1-3H3,(H3,9,10,11,12). The highest BCUT2D eigenvalue weighted by Gasteiger charge is 2.10. The van der Waals surface area contributed by atoms with Crippen LogP contribution in [-0.2, 0) is 16.4 Å². The van der Waals surface area contributed by atoms with E-state index in [0.717, 1.165) is 0 Å². The fourth-order valence-electron chi connectivity index (χ4n) is 1.09. The predicted octanol–water partition coefficient (Wildman–Crippen LogP) is -0.275. The highest BCUT2D eigenvalue weighted by atomic mass is 32.2. The van der Waals surface area contributed by atoms with Crippen molar-refractivity contribution in [2.24, 2.45) is 0 Å². The van der Waals surface area contributed by atoms with Crippen LogP contribution in [0.5, 0.6) is 0 Å². The Labute approximate surface area is 95.0 Å². The van der Waals surface area contributed by atoms with E-state index >= 15 is 0 Å². The van der Waals surface area contributed by atoms with E-state index in [1.54, 1.807) is 0 Å². The Morgan fingerprint density at radius 3 is 2.62 bits per heavy atom. The highest BCUT2D eigenvalue weighted by Crippen LogP contribution is 2.06. The third-order valence-electron chi connectivity index (χ3n) is 1.79. The molecule has 0 unspecified atom stereocenters. The van der Waals surface area contributed by atoms with Crippen LogP contribution in [0.1, 0.15) is 13.8 Å². The average Bonchev–Trinajstić information content (AvgIpc) is 2.40. The molecule has 1 heterocycles. The molecule has 0 saturated carbocycles. The number of sulfone groups is 1. The number of anilines is 2. The summed E-state index contributed by atoms with van der Waals surface area (Å²) < 4.78 is 23.3. The molecule has 0 fully saturated rings. The molecule has 7 nitrogen and oxygen atoms in total. The summed E-state index contributed by atoms with van der Waals surface area (Å²) in [6, 6.07) is 0.199. The minimum Gasteiger partial charge on any atom is -0.368 e. The van der Waals surface area contributed by atoms with Gasteiger partial charge in [-0.2, -0.15) is 4.98 Å². The fraction of sp³-hybridized carbons (Fsp3) is 0.750. The van der Waals surface area contributed by atoms with Gasteiger partial charge >= 0.3 is 0 Å². The lowest BCUT2D eigenvalue weighted by Crippen LogP contribution is -2.15. The number of nitrogens with zero attached hydrogens (tertiary/aromatic N) is 3. The number of nitrogen functional groups attached to an aromatic ring is 1. The van der Waals surface area contributed by atoms with Crippen LogP contribution in [0.15, 0.2) is 0 Å². The van der Waals surface area contributed by atoms with Gasteiger partial charge in [0.1, 0.15) is 9.84 Å². The molecule has 0 aromatic carbocycles. The second-order valence-electron chi connectivity index (χ2n) is 3.95. The van der Waals surface area contributed by atoms with Crippen LogP contribution in [0.2, 0.25) is 0 Å². The van der Waals surface area contributed by atoms with Crippen LogP contribution in [0.4, 0.5) is 11.9 Å². The zero-order valence-electron chi connectivity index (χ0n) is 9.64. The minimum atomic E-state index is -3.02. The summed E-state index contributed by atoms with van der Waals surface area (Å²) in [5.41, 5.74) is 5.60. The van der Waals surface area contributed by atoms with Crippen molar-refractivity contribution in [2.75, 3.05) is 23.1 Å². The average molecular weight is 247 g/mol. The second-order valence-corrected chi connectivity index (χ2v) is 6.21. The number of nitrogens with two attached hydrogens (primary N) is 1. The van der Waals surface area contributed by atoms with Gasteiger partial charge in [-0.15, -0.1) is 5.10 Å². The summed E-state index contributed by atoms with van der Waals surface area (Å²) in [6.07, 6.45) is 1.17. The Kier molecular flexibility index (Phi) is 3.74. The topological polar surface area (TPSA) is 103 Å². The van der Waals surface area contributed by atoms with Crippen LogP contribution >= 0.6 is 0 Å². The second kappa shape index (κ2) is 4.69. The number of aryl methyl sites for hydroxylation is 1. The Bertz CT molecular complexity index is 451. The molecular weight excluding hydrogens is 230 g/mol. The maximum absolute atomic E-state index is 11.0. The molecule has 0 atom stereocenters. The SMILES string of the molecule is CC(C)Nc1nc(N)n(CCS(C)(=O)=O)n1. The summed E-state index contributed by atoms with van der Waals surface area (Å²) in [6.45, 7) is 4.12. The number of hydrogen-bond acceptors (Lipinski definition) is 6. The molecule has 92 valence electrons. The van der Waals surface area contributed by atoms with E-state index in [0.29, 0.717) is 5.95 Å². The lowest BCUT2D eigenvalue weighted by atomic mass is 10.4. The van der Waals surface area contributed by atoms with E-state index < -0.39 is 9.84 Å². The van der Waals surface area contributed by atoms with Crippen molar-refractivity contribution in [2.45, 2.75) is 26.4 Å². The van der Waals surface area contributed by atoms with Crippen molar-refractivity contribution in [1.82, 2.24) is 14.8 Å². The van der Waals surface area contributed by atoms with Gasteiger partial charge in [0.15, 0.2) is 0 Å². The summed E-state index contributed by atoms with van der Waals surface area (Å²) in [7, 11) is -3.02. The monoisotopic (exact) mass is 247 g/mol. The Hall–Kier alpha value is -1.31. The normalized spacial score (nSPS) is 12.0. The zero-order chi connectivity index (χ0) is 12.3. The van der Waals surface area contributed by atoms with Gasteiger partial charge in [0.2, 0.25) is 11.9 Å². The van der Waals surface area contributed by atoms with Crippen LogP contribution in [0.25, 0.3) is 0 Å². The lowest BCUT2D eigenvalue weighted by Gasteiger charge is -2.03. The molecule has 0 aliphatic rings. The molecule has 1 aromatic heterocycles. The third-order valence-corrected chi connectivity index (χ3v) is 2.72. The molecule has 16 heavy (non-hydrogen) atoms. The minimum absolute atomic E-state index is 0.00167. The van der Waals surface area contributed by atoms with Gasteiger partial charge in [0.05, 0.1) is 12.3 Å². The zero-order valence-corrected chi connectivity index (χ0v) is 10.5. The van der Waals surface area contributed by atoms with Gasteiger partial charge in [0, 0.05) is 12.3 Å². The van der Waals surface area contributed by atoms with Crippen LogP contribution in [0.3, 0.4) is 0 Å². The van der Waals surface area contributed by atoms with Crippen molar-refractivity contribution in [3.63, 3.8) is 0 Å². The van der Waals surface area contributed by atoms with Gasteiger partial charge in [0.25, 0.3) is 0 Å². The smallest absolute Gasteiger partial charge is 0.244 e. The molecular formula is C8H17N5O2S. The molecule has 0 bridgehead atoms. The first kappa shape index (κ1) is 12.8. The van der Waals surface area contributed by atoms with Crippen molar-refractivity contribution in [3.8, 4) is 0 Å². The van der Waals surface area contributed by atoms with Crippen LogP contribution < -0.4 is 11.1 Å². The number of hydrogen-bond donors (Lipinski definition) is 2. The van der Waals surface area contributed by atoms with Gasteiger partial charge < -0.3 is 11.1 Å². The highest BCUT2D eigenvalue weighted by molar-refractivity contribution is 7.90. The van der Waals surface area contributed by atoms with E-state index in [4.69, 9.17) is 5.73 Å². The molecule has 0 aliphatic carbocycles. The van der Waals surface area contributed by atoms with Gasteiger partial charge in [-0.25, -0.2) is 13.1 Å². The quantitative estimate of drug-likeness (QED) is 0.742. The van der Waals surface area contributed by atoms with Gasteiger partial charge in [-0.3, -0.25) is 0 Å². The van der Waals surface area contributed by atoms with Gasteiger partial charge in [-0.05, 0) is 13.8 Å². The molecule has 1 rings (SSSR count). The summed E-state index contributed by atoms with van der Waals surface area (Å²) in [5, 5.41) is 7.05. The van der Waals surface area contributed by atoms with Crippen molar-refractivity contribution < 1.29 is 8.42 Å². The largest absolute Gasteiger partial charge is 0.368 e. The van der Waals surface area contributed by atoms with E-state index in [-0.39, 0.29) is 24.3 Å². The lowest BCUT2D eigenvalue weighted by molar-refractivity contribution is 0.587. The van der Waals surface area contributed by atoms with E-state index in [2.05, 4.69) is 15.4 Å². The van der Waals surface area contributed by atoms with Crippen molar-refractivity contribution in [1.29, 1.82) is 0 Å². The molecule has 0 radical (unpaired) electrons. The fourth-order valence-corrected chi connectivity index (χ4v) is 1.59. The Balaban J connectivity index is 2.70. The number of nitrogens with one attached hydrogen (secondary N) is 1. The van der Waals surface area contributed by atoms with Gasteiger partial charge in [-0.1, -0.05) is 0 Å². The summed E-state index contributed by atoms with van der Waals surface area (Å²) >= 11 is 0. The van der Waals surface area contributed by atoms with E-state index in [1.807, 2.05) is 13.8 Å². The Morgan fingerprint density at radius 2 is 2.12 bits per heavy atom. The first-order valence-electron chi connectivity index (χ1n) is 4.92. The molecule has 0 amide bonds. The Morgan fingerprint density at radius 1 is 1.50 bits per heavy atom. The molecule has 0 aliphatic heterocycles.